The van der Waals surface area contributed by atoms with Crippen LogP contribution in [0.5, 0.6) is 0 Å². The molecule has 0 saturated carbocycles. The Bertz CT molecular complexity index is 936. The Hall–Kier alpha value is -2.29. The lowest BCUT2D eigenvalue weighted by Crippen LogP contribution is -2.41. The first kappa shape index (κ1) is 19.5. The van der Waals surface area contributed by atoms with Crippen molar-refractivity contribution in [2.24, 2.45) is 0 Å². The molecule has 0 unspecified atom stereocenters. The van der Waals surface area contributed by atoms with Crippen molar-refractivity contribution >= 4 is 17.3 Å². The van der Waals surface area contributed by atoms with Crippen LogP contribution in [0.1, 0.15) is 0 Å². The van der Waals surface area contributed by atoms with Gasteiger partial charge < -0.3 is 0 Å². The minimum absolute atomic E-state index is 0.490. The zero-order valence-corrected chi connectivity index (χ0v) is 15.6. The van der Waals surface area contributed by atoms with E-state index in [0.29, 0.717) is 0 Å². The van der Waals surface area contributed by atoms with Crippen LogP contribution in [0.15, 0.2) is 106 Å². The van der Waals surface area contributed by atoms with Gasteiger partial charge in [-0.25, -0.2) is 0 Å². The summed E-state index contributed by atoms with van der Waals surface area (Å²) >= 11 is 0. The third-order valence-electron chi connectivity index (χ3n) is 4.69. The topological polar surface area (TPSA) is 54.4 Å². The van der Waals surface area contributed by atoms with Crippen LogP contribution in [-0.4, -0.2) is 18.5 Å². The van der Waals surface area contributed by atoms with E-state index in [2.05, 4.69) is 0 Å². The highest BCUT2D eigenvalue weighted by molar-refractivity contribution is 8.99. The van der Waals surface area contributed by atoms with E-state index >= 15 is 13.2 Å². The van der Waals surface area contributed by atoms with E-state index in [1.807, 2.05) is 0 Å². The molecule has 144 valence electrons. The molecule has 0 fully saturated rings. The van der Waals surface area contributed by atoms with Crippen molar-refractivity contribution in [3.63, 3.8) is 0 Å². The van der Waals surface area contributed by atoms with Crippen LogP contribution < -0.4 is 0 Å². The molecule has 8 heteroatoms. The summed E-state index contributed by atoms with van der Waals surface area (Å²) in [5.41, 5.74) is -5.30. The zero-order chi connectivity index (χ0) is 19.8. The number of benzene rings is 3. The third-order valence-corrected chi connectivity index (χ3v) is 15.7. The Balaban J connectivity index is 2.77. The van der Waals surface area contributed by atoms with Crippen molar-refractivity contribution in [2.75, 3.05) is 0 Å². The Labute approximate surface area is 154 Å². The van der Waals surface area contributed by atoms with Gasteiger partial charge in [0.15, 0.2) is 0 Å². The van der Waals surface area contributed by atoms with E-state index in [4.69, 9.17) is 0 Å². The maximum atomic E-state index is 15.1. The van der Waals surface area contributed by atoms with Gasteiger partial charge in [-0.2, -0.15) is 21.6 Å². The van der Waals surface area contributed by atoms with Crippen molar-refractivity contribution in [3.8, 4) is 0 Å². The second-order valence-corrected chi connectivity index (χ2v) is 14.6. The summed E-state index contributed by atoms with van der Waals surface area (Å²) in [7, 11) is -12.1. The molecule has 27 heavy (non-hydrogen) atoms. The van der Waals surface area contributed by atoms with E-state index in [0.717, 1.165) is 36.4 Å². The van der Waals surface area contributed by atoms with E-state index in [9.17, 15) is 13.0 Å². The molecule has 0 aliphatic heterocycles. The number of halogens is 3. The number of hydrogen-bond donors (Lipinski definition) is 2. The maximum absolute atomic E-state index is 15.1. The lowest BCUT2D eigenvalue weighted by atomic mass is 10.4. The first-order chi connectivity index (χ1) is 12.7. The number of rotatable bonds is 4. The average molecular weight is 414 g/mol. The molecular formula is C19H17F3O3S2. The van der Waals surface area contributed by atoms with Crippen molar-refractivity contribution in [1.29, 1.82) is 0 Å². The second kappa shape index (κ2) is 6.40. The van der Waals surface area contributed by atoms with Gasteiger partial charge in [-0.05, 0) is 44.6 Å². The van der Waals surface area contributed by atoms with E-state index in [1.165, 1.54) is 54.6 Å². The summed E-state index contributed by atoms with van der Waals surface area (Å²) in [6.07, 6.45) is 0. The van der Waals surface area contributed by atoms with E-state index in [1.54, 1.807) is 0 Å². The van der Waals surface area contributed by atoms with Crippen LogP contribution in [0.2, 0.25) is 0 Å². The highest BCUT2D eigenvalue weighted by atomic mass is 33.2. The van der Waals surface area contributed by atoms with Crippen LogP contribution >= 0.6 is 8.19 Å². The summed E-state index contributed by atoms with van der Waals surface area (Å²) in [6.45, 7) is 0. The van der Waals surface area contributed by atoms with Gasteiger partial charge >= 0.3 is 14.7 Å². The Morgan fingerprint density at radius 1 is 0.630 bits per heavy atom. The highest BCUT2D eigenvalue weighted by Gasteiger charge is 2.73. The van der Waals surface area contributed by atoms with Gasteiger partial charge in [0.2, 0.25) is 0 Å². The fourth-order valence-electron chi connectivity index (χ4n) is 3.55. The number of thiol groups is 1. The van der Waals surface area contributed by atoms with Crippen LogP contribution in [0, 0.1) is 0 Å². The minimum Gasteiger partial charge on any atom is -0.279 e. The van der Waals surface area contributed by atoms with Crippen LogP contribution in [0.25, 0.3) is 0 Å². The van der Waals surface area contributed by atoms with Crippen LogP contribution in [0.3, 0.4) is 0 Å². The smallest absolute Gasteiger partial charge is 0.279 e. The minimum atomic E-state index is -6.38. The first-order valence-electron chi connectivity index (χ1n) is 7.89. The van der Waals surface area contributed by atoms with E-state index in [-0.39, 0.29) is 0 Å². The average Bonchev–Trinajstić information content (AvgIpc) is 2.63. The number of alkyl halides is 3. The molecule has 0 bridgehead atoms. The van der Waals surface area contributed by atoms with Gasteiger partial charge in [-0.15, -0.1) is 0 Å². The van der Waals surface area contributed by atoms with Crippen molar-refractivity contribution in [2.45, 2.75) is 20.2 Å². The number of hydrogen-bond acceptors (Lipinski definition) is 2. The first-order valence-corrected chi connectivity index (χ1v) is 12.2. The molecule has 0 heterocycles. The van der Waals surface area contributed by atoms with Gasteiger partial charge in [0, 0.05) is 14.7 Å². The fraction of sp³-hybridized carbons (Fsp3) is 0.0526. The van der Waals surface area contributed by atoms with Gasteiger partial charge in [-0.3, -0.25) is 4.55 Å². The quantitative estimate of drug-likeness (QED) is 0.334. The molecule has 3 nitrogen and oxygen atoms in total. The summed E-state index contributed by atoms with van der Waals surface area (Å²) in [4.78, 5) is -1.47. The summed E-state index contributed by atoms with van der Waals surface area (Å²) in [6, 6.07) is 19.1. The molecule has 1 N–H and O–H groups in total. The Kier molecular flexibility index (Phi) is 4.62. The molecule has 0 aromatic heterocycles. The Morgan fingerprint density at radius 3 is 1.07 bits per heavy atom. The summed E-state index contributed by atoms with van der Waals surface area (Å²) in [5, 5.41) is 0. The molecule has 0 spiro atoms. The Morgan fingerprint density at radius 2 is 0.889 bits per heavy atom. The fourth-order valence-corrected chi connectivity index (χ4v) is 12.9. The maximum Gasteiger partial charge on any atom is 0.435 e. The molecule has 0 atom stereocenters. The standard InChI is InChI=1S/C19H17F3O3S2/c20-19(21,22)27(26(23,24)25,16-10-4-1-5-11-16,17-12-6-2-7-13-17)18-14-8-3-9-15-18/h1-15,27H,(H,23,24,25). The SMILES string of the molecule is O=S(=O)(O)[SH](c1ccccc1)(c1ccccc1)(c1ccccc1)C(F)(F)F. The molecule has 3 aromatic carbocycles. The lowest BCUT2D eigenvalue weighted by molar-refractivity contribution is -0.0401. The highest BCUT2D eigenvalue weighted by Crippen LogP contribution is 2.95. The molecule has 0 aliphatic rings. The van der Waals surface area contributed by atoms with Gasteiger partial charge in [0.1, 0.15) is 0 Å². The molecule has 3 rings (SSSR count). The molecule has 0 radical (unpaired) electrons. The van der Waals surface area contributed by atoms with Gasteiger partial charge in [0.25, 0.3) is 0 Å². The normalized spacial score (nSPS) is 14.3. The van der Waals surface area contributed by atoms with Crippen LogP contribution in [0.4, 0.5) is 13.2 Å². The predicted octanol–water partition coefficient (Wildman–Crippen LogP) is 5.56. The van der Waals surface area contributed by atoms with E-state index < -0.39 is 37.5 Å². The lowest BCUT2D eigenvalue weighted by Gasteiger charge is -2.59. The molecule has 0 amide bonds. The molecule has 0 saturated heterocycles. The van der Waals surface area contributed by atoms with Gasteiger partial charge in [0.05, 0.1) is 0 Å². The van der Waals surface area contributed by atoms with Crippen LogP contribution in [-0.2, 0) is 9.15 Å². The zero-order valence-electron chi connectivity index (χ0n) is 13.9. The van der Waals surface area contributed by atoms with Crippen molar-refractivity contribution in [1.82, 2.24) is 0 Å². The molecule has 3 aromatic rings. The summed E-state index contributed by atoms with van der Waals surface area (Å²) in [5.74, 6) is 0. The third kappa shape index (κ3) is 2.30. The van der Waals surface area contributed by atoms with Crippen molar-refractivity contribution in [3.05, 3.63) is 91.0 Å². The largest absolute Gasteiger partial charge is 0.435 e. The second-order valence-electron chi connectivity index (χ2n) is 5.96. The van der Waals surface area contributed by atoms with Gasteiger partial charge in [-0.1, -0.05) is 54.6 Å². The van der Waals surface area contributed by atoms with Crippen molar-refractivity contribution < 1.29 is 26.1 Å². The molecule has 0 aliphatic carbocycles. The predicted molar refractivity (Wildman–Crippen MR) is 101 cm³/mol. The monoisotopic (exact) mass is 414 g/mol. The molecular weight excluding hydrogens is 397 g/mol. The summed E-state index contributed by atoms with van der Waals surface area (Å²) < 4.78 is 81.5.